The van der Waals surface area contributed by atoms with Crippen molar-refractivity contribution in [1.82, 2.24) is 10.8 Å². The van der Waals surface area contributed by atoms with E-state index in [1.165, 1.54) is 0 Å². The summed E-state index contributed by atoms with van der Waals surface area (Å²) in [5.41, 5.74) is 0.422. The van der Waals surface area contributed by atoms with Crippen LogP contribution in [0.1, 0.15) is 40.0 Å². The molecule has 35 heavy (non-hydrogen) atoms. The first-order valence-electron chi connectivity index (χ1n) is 11.7. The van der Waals surface area contributed by atoms with Gasteiger partial charge < -0.3 is 44.3 Å². The van der Waals surface area contributed by atoms with E-state index in [9.17, 15) is 9.59 Å². The van der Waals surface area contributed by atoms with Gasteiger partial charge in [0.15, 0.2) is 0 Å². The zero-order chi connectivity index (χ0) is 26.4. The highest BCUT2D eigenvalue weighted by atomic mass is 16.7. The monoisotopic (exact) mass is 512 g/mol. The van der Waals surface area contributed by atoms with Gasteiger partial charge in [-0.3, -0.25) is 9.63 Å². The zero-order valence-electron chi connectivity index (χ0n) is 21.2. The highest BCUT2D eigenvalue weighted by Gasteiger charge is 2.33. The first kappa shape index (κ1) is 33.4. The van der Waals surface area contributed by atoms with E-state index in [-0.39, 0.29) is 79.3 Å². The molecule has 0 radical (unpaired) electrons. The average molecular weight is 513 g/mol. The van der Waals surface area contributed by atoms with Crippen LogP contribution in [0.15, 0.2) is 0 Å². The summed E-state index contributed by atoms with van der Waals surface area (Å²) in [7, 11) is 0. The molecule has 0 fully saturated rings. The number of carbonyl (C=O) groups excluding carboxylic acids is 2. The molecule has 0 heterocycles. The highest BCUT2D eigenvalue weighted by molar-refractivity contribution is 5.78. The molecule has 0 unspecified atom stereocenters. The molecule has 0 aliphatic carbocycles. The fourth-order valence-electron chi connectivity index (χ4n) is 2.54. The van der Waals surface area contributed by atoms with Crippen molar-refractivity contribution in [2.24, 2.45) is 0 Å². The minimum Gasteiger partial charge on any atom is -0.442 e. The van der Waals surface area contributed by atoms with Gasteiger partial charge in [-0.2, -0.15) is 5.48 Å². The molecule has 0 spiro atoms. The van der Waals surface area contributed by atoms with E-state index < -0.39 is 23.1 Å². The number of aliphatic hydroxyl groups excluding tert-OH is 3. The maximum absolute atomic E-state index is 12.6. The molecule has 0 bridgehead atoms. The molecule has 0 saturated heterocycles. The lowest BCUT2D eigenvalue weighted by Gasteiger charge is -2.34. The van der Waals surface area contributed by atoms with E-state index in [1.54, 1.807) is 20.8 Å². The topological polar surface area (TPSA) is 174 Å². The van der Waals surface area contributed by atoms with Crippen LogP contribution in [0.25, 0.3) is 0 Å². The van der Waals surface area contributed by atoms with Gasteiger partial charge in [0.05, 0.1) is 33.0 Å². The number of amides is 2. The van der Waals surface area contributed by atoms with Gasteiger partial charge in [-0.1, -0.05) is 0 Å². The normalized spacial score (nSPS) is 11.9. The van der Waals surface area contributed by atoms with Crippen LogP contribution < -0.4 is 10.8 Å². The van der Waals surface area contributed by atoms with Gasteiger partial charge >= 0.3 is 6.09 Å². The molecule has 0 aromatic rings. The number of ether oxygens (including phenoxy) is 5. The average Bonchev–Trinajstić information content (AvgIpc) is 2.78. The largest absolute Gasteiger partial charge is 0.442 e. The molecule has 208 valence electrons. The van der Waals surface area contributed by atoms with Crippen molar-refractivity contribution >= 4 is 12.0 Å². The van der Waals surface area contributed by atoms with Gasteiger partial charge in [-0.05, 0) is 40.0 Å². The maximum Gasteiger partial charge on any atom is 0.431 e. The lowest BCUT2D eigenvalue weighted by atomic mass is 10.0. The van der Waals surface area contributed by atoms with E-state index >= 15 is 0 Å². The molecular formula is C22H44N2O11. The molecule has 0 aliphatic rings. The Bertz CT molecular complexity index is 513. The van der Waals surface area contributed by atoms with Crippen molar-refractivity contribution in [3.8, 4) is 0 Å². The van der Waals surface area contributed by atoms with Crippen molar-refractivity contribution in [1.29, 1.82) is 0 Å². The van der Waals surface area contributed by atoms with E-state index in [0.29, 0.717) is 19.3 Å². The summed E-state index contributed by atoms with van der Waals surface area (Å²) >= 11 is 0. The Labute approximate surface area is 207 Å². The third-order valence-electron chi connectivity index (χ3n) is 4.00. The third kappa shape index (κ3) is 20.3. The van der Waals surface area contributed by atoms with Crippen molar-refractivity contribution < 1.29 is 53.4 Å². The van der Waals surface area contributed by atoms with Crippen LogP contribution in [0.3, 0.4) is 0 Å². The number of carbonyl (C=O) groups is 2. The number of rotatable bonds is 22. The predicted molar refractivity (Wildman–Crippen MR) is 125 cm³/mol. The van der Waals surface area contributed by atoms with E-state index in [2.05, 4.69) is 10.8 Å². The molecule has 5 N–H and O–H groups in total. The maximum atomic E-state index is 12.6. The van der Waals surface area contributed by atoms with Gasteiger partial charge in [0.1, 0.15) is 17.7 Å². The first-order chi connectivity index (χ1) is 16.7. The quantitative estimate of drug-likeness (QED) is 0.0935. The molecular weight excluding hydrogens is 468 g/mol. The van der Waals surface area contributed by atoms with E-state index in [0.717, 1.165) is 0 Å². The van der Waals surface area contributed by atoms with E-state index in [1.807, 2.05) is 0 Å². The zero-order valence-corrected chi connectivity index (χ0v) is 21.2. The summed E-state index contributed by atoms with van der Waals surface area (Å²) < 4.78 is 27.2. The van der Waals surface area contributed by atoms with Crippen LogP contribution in [0.4, 0.5) is 4.79 Å². The summed E-state index contributed by atoms with van der Waals surface area (Å²) in [4.78, 5) is 29.0. The summed E-state index contributed by atoms with van der Waals surface area (Å²) in [5.74, 6) is -0.452. The number of hydrogen-bond acceptors (Lipinski definition) is 11. The molecule has 0 aliphatic heterocycles. The van der Waals surface area contributed by atoms with Gasteiger partial charge in [-0.25, -0.2) is 4.79 Å². The first-order valence-corrected chi connectivity index (χ1v) is 11.7. The molecule has 0 aromatic heterocycles. The third-order valence-corrected chi connectivity index (χ3v) is 4.00. The van der Waals surface area contributed by atoms with Crippen molar-refractivity contribution in [3.05, 3.63) is 0 Å². The molecule has 0 saturated carbocycles. The molecule has 13 heteroatoms. The minimum absolute atomic E-state index is 0.00349. The summed E-state index contributed by atoms with van der Waals surface area (Å²) in [6.07, 6.45) is 0.563. The Morgan fingerprint density at radius 3 is 1.63 bits per heavy atom. The second-order valence-corrected chi connectivity index (χ2v) is 8.72. The van der Waals surface area contributed by atoms with Gasteiger partial charge in [0.2, 0.25) is 5.91 Å². The lowest BCUT2D eigenvalue weighted by molar-refractivity contribution is -0.133. The Morgan fingerprint density at radius 1 is 0.714 bits per heavy atom. The molecule has 0 aromatic carbocycles. The summed E-state index contributed by atoms with van der Waals surface area (Å²) in [6.45, 7) is 5.82. The van der Waals surface area contributed by atoms with Crippen LogP contribution >= 0.6 is 0 Å². The van der Waals surface area contributed by atoms with Crippen molar-refractivity contribution in [2.75, 3.05) is 79.3 Å². The Balaban J connectivity index is 4.71. The highest BCUT2D eigenvalue weighted by Crippen LogP contribution is 2.11. The van der Waals surface area contributed by atoms with Crippen molar-refractivity contribution in [2.45, 2.75) is 51.2 Å². The molecule has 0 rings (SSSR count). The predicted octanol–water partition coefficient (Wildman–Crippen LogP) is -0.489. The number of nitrogens with one attached hydrogen (secondary N) is 2. The number of hydrogen-bond donors (Lipinski definition) is 5. The SMILES string of the molecule is CC(C)(C)OC(=O)NOCCOCC(=O)NC(COCCCO)(COCCCO)COCCCO. The molecule has 0 atom stereocenters. The van der Waals surface area contributed by atoms with Crippen LogP contribution in [-0.2, 0) is 33.3 Å². The smallest absolute Gasteiger partial charge is 0.431 e. The molecule has 2 amide bonds. The summed E-state index contributed by atoms with van der Waals surface area (Å²) in [6, 6.07) is 0. The minimum atomic E-state index is -1.05. The Kier molecular flexibility index (Phi) is 19.7. The van der Waals surface area contributed by atoms with Gasteiger partial charge in [-0.15, -0.1) is 0 Å². The second-order valence-electron chi connectivity index (χ2n) is 8.72. The number of aliphatic hydroxyl groups is 3. The van der Waals surface area contributed by atoms with Crippen LogP contribution in [0.5, 0.6) is 0 Å². The lowest BCUT2D eigenvalue weighted by Crippen LogP contribution is -2.59. The standard InChI is InChI=1S/C22H44N2O11/c1-21(2,3)35-20(29)24-34-14-13-30-15-19(28)23-22(16-31-10-4-7-25,17-32-11-5-8-26)18-33-12-6-9-27/h25-27H,4-18H2,1-3H3,(H,23,28)(H,24,29). The van der Waals surface area contributed by atoms with Crippen LogP contribution in [0.2, 0.25) is 0 Å². The van der Waals surface area contributed by atoms with Crippen LogP contribution in [-0.4, -0.2) is 118 Å². The fraction of sp³-hybridized carbons (Fsp3) is 0.909. The van der Waals surface area contributed by atoms with E-state index in [4.69, 9.17) is 43.8 Å². The van der Waals surface area contributed by atoms with Gasteiger partial charge in [0, 0.05) is 39.6 Å². The van der Waals surface area contributed by atoms with Gasteiger partial charge in [0.25, 0.3) is 0 Å². The second kappa shape index (κ2) is 20.6. The Hall–Kier alpha value is -1.58. The summed E-state index contributed by atoms with van der Waals surface area (Å²) in [5, 5.41) is 29.8. The fourth-order valence-corrected chi connectivity index (χ4v) is 2.54. The van der Waals surface area contributed by atoms with Crippen molar-refractivity contribution in [3.63, 3.8) is 0 Å². The molecule has 13 nitrogen and oxygen atoms in total. The van der Waals surface area contributed by atoms with Crippen LogP contribution in [0, 0.1) is 0 Å². The Morgan fingerprint density at radius 2 is 1.20 bits per heavy atom. The number of hydroxylamine groups is 1.